The number of rotatable bonds is 7. The molecular weight excluding hydrogens is 488 g/mol. The predicted molar refractivity (Wildman–Crippen MR) is 150 cm³/mol. The van der Waals surface area contributed by atoms with Crippen LogP contribution in [0.2, 0.25) is 0 Å². The van der Waals surface area contributed by atoms with Crippen LogP contribution in [0, 0.1) is 0 Å². The summed E-state index contributed by atoms with van der Waals surface area (Å²) in [6.07, 6.45) is -0.0897. The van der Waals surface area contributed by atoms with Crippen LogP contribution in [-0.2, 0) is 14.3 Å². The second-order valence-electron chi connectivity index (χ2n) is 11.1. The van der Waals surface area contributed by atoms with E-state index in [1.165, 1.54) is 0 Å². The first-order chi connectivity index (χ1) is 17.2. The van der Waals surface area contributed by atoms with Crippen molar-refractivity contribution in [3.8, 4) is 10.6 Å². The highest BCUT2D eigenvalue weighted by Gasteiger charge is 2.18. The van der Waals surface area contributed by atoms with Crippen LogP contribution in [0.4, 0.5) is 10.5 Å². The number of fused-ring (bicyclic) bond motifs is 2. The van der Waals surface area contributed by atoms with Gasteiger partial charge in [-0.15, -0.1) is 11.3 Å². The lowest BCUT2D eigenvalue weighted by molar-refractivity contribution is -0.154. The number of carbonyl (C=O) groups is 2. The van der Waals surface area contributed by atoms with Gasteiger partial charge in [0.25, 0.3) is 0 Å². The number of hydrogen-bond acceptors (Lipinski definition) is 7. The molecule has 0 fully saturated rings. The maximum absolute atomic E-state index is 12.1. The summed E-state index contributed by atoms with van der Waals surface area (Å²) >= 11 is 1.68. The van der Waals surface area contributed by atoms with E-state index < -0.39 is 17.3 Å². The molecule has 0 atom stereocenters. The van der Waals surface area contributed by atoms with Gasteiger partial charge in [-0.3, -0.25) is 4.79 Å². The smallest absolute Gasteiger partial charge is 0.407 e. The van der Waals surface area contributed by atoms with Gasteiger partial charge in [-0.25, -0.2) is 14.4 Å². The molecule has 9 heteroatoms. The summed E-state index contributed by atoms with van der Waals surface area (Å²) in [5.41, 5.74) is 1.92. The van der Waals surface area contributed by atoms with Crippen LogP contribution in [0.5, 0.6) is 0 Å². The number of likely N-dealkylation sites (N-methyl/N-ethyl adjacent to an activating group) is 1. The van der Waals surface area contributed by atoms with Crippen molar-refractivity contribution in [3.63, 3.8) is 0 Å². The molecule has 0 saturated heterocycles. The van der Waals surface area contributed by atoms with E-state index in [-0.39, 0.29) is 5.97 Å². The molecule has 1 N–H and O–H groups in total. The zero-order valence-electron chi connectivity index (χ0n) is 23.2. The maximum atomic E-state index is 12.1. The zero-order chi connectivity index (χ0) is 27.4. The predicted octanol–water partition coefficient (Wildman–Crippen LogP) is 4.50. The molecule has 1 heterocycles. The Morgan fingerprint density at radius 3 is 2.41 bits per heavy atom. The lowest BCUT2D eigenvalue weighted by atomic mass is 10.2. The number of anilines is 1. The lowest BCUT2D eigenvalue weighted by Gasteiger charge is -2.22. The van der Waals surface area contributed by atoms with Crippen molar-refractivity contribution in [1.82, 2.24) is 14.9 Å². The van der Waals surface area contributed by atoms with E-state index in [4.69, 9.17) is 14.5 Å². The molecule has 1 aliphatic heterocycles. The average Bonchev–Trinajstić information content (AvgIpc) is 2.78. The molecule has 1 aliphatic carbocycles. The van der Waals surface area contributed by atoms with Gasteiger partial charge in [0.15, 0.2) is 6.54 Å². The molecule has 0 bridgehead atoms. The maximum Gasteiger partial charge on any atom is 0.407 e. The van der Waals surface area contributed by atoms with Crippen molar-refractivity contribution in [2.24, 2.45) is 0 Å². The fourth-order valence-electron chi connectivity index (χ4n) is 3.63. The Labute approximate surface area is 223 Å². The van der Waals surface area contributed by atoms with Crippen LogP contribution in [0.1, 0.15) is 48.0 Å². The number of amides is 1. The van der Waals surface area contributed by atoms with E-state index in [0.717, 1.165) is 31.8 Å². The first-order valence-electron chi connectivity index (χ1n) is 12.5. The molecule has 1 amide bonds. The number of aromatic nitrogens is 1. The third-order valence-electron chi connectivity index (χ3n) is 5.42. The molecule has 2 aliphatic rings. The quantitative estimate of drug-likeness (QED) is 0.277. The minimum Gasteiger partial charge on any atom is -0.460 e. The van der Waals surface area contributed by atoms with Crippen molar-refractivity contribution in [1.29, 1.82) is 0 Å². The number of carbonyl (C=O) groups excluding carboxylic acids is 2. The summed E-state index contributed by atoms with van der Waals surface area (Å²) in [6, 6.07) is 12.4. The molecule has 0 aromatic heterocycles. The highest BCUT2D eigenvalue weighted by molar-refractivity contribution is 7.21. The van der Waals surface area contributed by atoms with Gasteiger partial charge in [0, 0.05) is 38.0 Å². The molecule has 0 unspecified atom stereocenters. The fourth-order valence-corrected chi connectivity index (χ4v) is 4.66. The minimum atomic E-state index is -0.516. The lowest BCUT2D eigenvalue weighted by Crippen LogP contribution is -2.37. The Hall–Kier alpha value is -3.20. The average molecular weight is 528 g/mol. The summed E-state index contributed by atoms with van der Waals surface area (Å²) < 4.78 is 13.9. The molecule has 0 spiro atoms. The number of alkyl carbamates (subject to hydrolysis) is 1. The van der Waals surface area contributed by atoms with Gasteiger partial charge in [0.1, 0.15) is 24.7 Å². The van der Waals surface area contributed by atoms with Crippen LogP contribution in [0.25, 0.3) is 20.8 Å². The monoisotopic (exact) mass is 527 g/mol. The summed E-state index contributed by atoms with van der Waals surface area (Å²) in [7, 11) is 3.97. The Balaban J connectivity index is 1.74. The van der Waals surface area contributed by atoms with Crippen LogP contribution >= 0.6 is 11.3 Å². The van der Waals surface area contributed by atoms with E-state index in [1.54, 1.807) is 11.3 Å². The first kappa shape index (κ1) is 28.4. The third kappa shape index (κ3) is 8.70. The molecule has 0 radical (unpaired) electrons. The standard InChI is InChI=1S/C28H38N4O4S/c1-27(2,3)35-25(33)13-15-31(7)19-9-11-21-23(17-19)37-24-18-20(10-12-22(24)30-21)32(8)16-14-29-26(34)36-28(4,5)6/h9-12,17-18H,13-16H2,1-8H3/p+1. The number of benzene rings is 2. The van der Waals surface area contributed by atoms with Crippen molar-refractivity contribution >= 4 is 39.3 Å². The molecule has 8 nitrogen and oxygen atoms in total. The van der Waals surface area contributed by atoms with Gasteiger partial charge in [0.2, 0.25) is 5.36 Å². The number of nitrogens with one attached hydrogen (secondary N) is 1. The van der Waals surface area contributed by atoms with E-state index in [9.17, 15) is 9.59 Å². The van der Waals surface area contributed by atoms with E-state index >= 15 is 0 Å². The molecule has 0 saturated carbocycles. The minimum absolute atomic E-state index is 0.200. The fraction of sp³-hybridized carbons (Fsp3) is 0.500. The number of esters is 1. The van der Waals surface area contributed by atoms with Crippen LogP contribution < -0.4 is 20.1 Å². The third-order valence-corrected chi connectivity index (χ3v) is 6.51. The van der Waals surface area contributed by atoms with Crippen LogP contribution in [-0.4, -0.2) is 62.0 Å². The van der Waals surface area contributed by atoms with Crippen molar-refractivity contribution < 1.29 is 19.1 Å². The largest absolute Gasteiger partial charge is 0.460 e. The van der Waals surface area contributed by atoms with Crippen LogP contribution in [0.3, 0.4) is 0 Å². The van der Waals surface area contributed by atoms with Crippen LogP contribution in [0.15, 0.2) is 36.4 Å². The van der Waals surface area contributed by atoms with Gasteiger partial charge in [-0.2, -0.15) is 0 Å². The number of hydrogen-bond donors (Lipinski definition) is 1. The molecular formula is C28H39N4O4S+. The number of nitrogens with zero attached hydrogens (tertiary/aromatic N) is 3. The zero-order valence-corrected chi connectivity index (χ0v) is 24.0. The second-order valence-corrected chi connectivity index (χ2v) is 12.2. The van der Waals surface area contributed by atoms with Gasteiger partial charge in [0.05, 0.1) is 20.8 Å². The second kappa shape index (κ2) is 11.5. The van der Waals surface area contributed by atoms with E-state index in [1.807, 2.05) is 79.9 Å². The van der Waals surface area contributed by atoms with Gasteiger partial charge in [-0.05, 0) is 65.8 Å². The first-order valence-corrected chi connectivity index (χ1v) is 13.3. The highest BCUT2D eigenvalue weighted by Crippen LogP contribution is 2.31. The Morgan fingerprint density at radius 2 is 1.73 bits per heavy atom. The van der Waals surface area contributed by atoms with E-state index in [2.05, 4.69) is 26.9 Å². The molecule has 37 heavy (non-hydrogen) atoms. The Kier molecular flexibility index (Phi) is 8.79. The Bertz CT molecular complexity index is 1300. The molecule has 1 aromatic carbocycles. The highest BCUT2D eigenvalue weighted by atomic mass is 32.1. The van der Waals surface area contributed by atoms with Crippen molar-refractivity contribution in [2.75, 3.05) is 38.6 Å². The molecule has 1 aromatic rings. The van der Waals surface area contributed by atoms with Gasteiger partial charge in [-0.1, -0.05) is 0 Å². The summed E-state index contributed by atoms with van der Waals surface area (Å²) in [4.78, 5) is 32.0. The van der Waals surface area contributed by atoms with Gasteiger partial charge >= 0.3 is 12.1 Å². The SMILES string of the molecule is CN(CCNC(=O)OC(C)(C)C)c1ccc2nc3ccc(=[N+](C)CCC(=O)OC(C)(C)C)cc-3sc2c1. The number of ether oxygens (including phenoxy) is 2. The summed E-state index contributed by atoms with van der Waals surface area (Å²) in [5, 5.41) is 3.82. The Morgan fingerprint density at radius 1 is 1.03 bits per heavy atom. The van der Waals surface area contributed by atoms with Crippen molar-refractivity contribution in [2.45, 2.75) is 59.2 Å². The summed E-state index contributed by atoms with van der Waals surface area (Å²) in [5.74, 6) is -0.200. The summed E-state index contributed by atoms with van der Waals surface area (Å²) in [6.45, 7) is 12.8. The van der Waals surface area contributed by atoms with Gasteiger partial charge < -0.3 is 19.7 Å². The van der Waals surface area contributed by atoms with E-state index in [0.29, 0.717) is 26.1 Å². The normalized spacial score (nSPS) is 12.9. The topological polar surface area (TPSA) is 83.8 Å². The molecule has 200 valence electrons. The molecule has 3 rings (SSSR count). The van der Waals surface area contributed by atoms with Crippen molar-refractivity contribution in [3.05, 3.63) is 41.8 Å².